The molecule has 0 unspecified atom stereocenters. The molecule has 2 saturated heterocycles. The summed E-state index contributed by atoms with van der Waals surface area (Å²) in [5.74, 6) is 1.15. The van der Waals surface area contributed by atoms with Crippen LogP contribution in [0, 0.1) is 0 Å². The van der Waals surface area contributed by atoms with E-state index in [0.29, 0.717) is 13.0 Å². The van der Waals surface area contributed by atoms with Crippen molar-refractivity contribution in [1.82, 2.24) is 14.4 Å². The average molecular weight is 535 g/mol. The molecule has 3 aromatic rings. The molecular formula is C31H39ClN4O2. The number of likely N-dealkylation sites (tertiary alicyclic amines) is 1. The summed E-state index contributed by atoms with van der Waals surface area (Å²) in [7, 11) is 1.99. The van der Waals surface area contributed by atoms with E-state index in [1.54, 1.807) is 0 Å². The zero-order valence-corrected chi connectivity index (χ0v) is 23.2. The summed E-state index contributed by atoms with van der Waals surface area (Å²) in [6.07, 6.45) is 8.72. The Kier molecular flexibility index (Phi) is 8.92. The molecule has 38 heavy (non-hydrogen) atoms. The van der Waals surface area contributed by atoms with Crippen LogP contribution in [0.15, 0.2) is 67.0 Å². The fourth-order valence-electron chi connectivity index (χ4n) is 5.71. The van der Waals surface area contributed by atoms with E-state index in [2.05, 4.69) is 39.0 Å². The summed E-state index contributed by atoms with van der Waals surface area (Å²) in [6.45, 7) is 6.44. The van der Waals surface area contributed by atoms with Crippen molar-refractivity contribution in [2.24, 2.45) is 7.05 Å². The molecule has 2 fully saturated rings. The maximum Gasteiger partial charge on any atom is 0.227 e. The number of amides is 1. The first-order valence-electron chi connectivity index (χ1n) is 13.9. The highest BCUT2D eigenvalue weighted by Crippen LogP contribution is 2.24. The number of halogens is 1. The molecule has 2 aliphatic heterocycles. The Morgan fingerprint density at radius 2 is 1.82 bits per heavy atom. The third-order valence-corrected chi connectivity index (χ3v) is 8.00. The zero-order chi connectivity index (χ0) is 26.3. The fraction of sp³-hybridized carbons (Fsp3) is 0.452. The van der Waals surface area contributed by atoms with Gasteiger partial charge in [-0.2, -0.15) is 0 Å². The van der Waals surface area contributed by atoms with Gasteiger partial charge >= 0.3 is 0 Å². The number of anilines is 1. The van der Waals surface area contributed by atoms with Gasteiger partial charge in [0, 0.05) is 81.9 Å². The monoisotopic (exact) mass is 534 g/mol. The smallest absolute Gasteiger partial charge is 0.227 e. The van der Waals surface area contributed by atoms with E-state index in [9.17, 15) is 4.79 Å². The minimum Gasteiger partial charge on any atom is -0.494 e. The lowest BCUT2D eigenvalue weighted by atomic mass is 9.98. The molecule has 0 radical (unpaired) electrons. The van der Waals surface area contributed by atoms with Gasteiger partial charge in [-0.05, 0) is 66.8 Å². The van der Waals surface area contributed by atoms with Crippen molar-refractivity contribution in [3.05, 3.63) is 83.1 Å². The second kappa shape index (κ2) is 12.7. The van der Waals surface area contributed by atoms with Crippen LogP contribution in [-0.2, 0) is 24.8 Å². The summed E-state index contributed by atoms with van der Waals surface area (Å²) in [5.41, 5.74) is 3.56. The Hall–Kier alpha value is -2.96. The number of hydrogen-bond donors (Lipinski definition) is 0. The first-order chi connectivity index (χ1) is 18.5. The first kappa shape index (κ1) is 26.6. The molecule has 202 valence electrons. The highest BCUT2D eigenvalue weighted by molar-refractivity contribution is 6.30. The lowest BCUT2D eigenvalue weighted by molar-refractivity contribution is -0.134. The molecule has 3 heterocycles. The Bertz CT molecular complexity index is 1200. The topological polar surface area (TPSA) is 41.0 Å². The number of piperazine rings is 1. The normalized spacial score (nSPS) is 18.5. The van der Waals surface area contributed by atoms with Gasteiger partial charge in [0.05, 0.1) is 13.0 Å². The molecule has 6 nitrogen and oxygen atoms in total. The van der Waals surface area contributed by atoms with Gasteiger partial charge in [-0.1, -0.05) is 29.8 Å². The summed E-state index contributed by atoms with van der Waals surface area (Å²) in [5, 5.41) is 0.789. The van der Waals surface area contributed by atoms with Crippen molar-refractivity contribution in [2.75, 3.05) is 44.2 Å². The van der Waals surface area contributed by atoms with Gasteiger partial charge < -0.3 is 19.1 Å². The number of rotatable bonds is 9. The van der Waals surface area contributed by atoms with Crippen molar-refractivity contribution >= 4 is 23.2 Å². The van der Waals surface area contributed by atoms with Gasteiger partial charge in [0.2, 0.25) is 5.91 Å². The number of piperidine rings is 1. The third kappa shape index (κ3) is 7.12. The van der Waals surface area contributed by atoms with Crippen LogP contribution in [0.5, 0.6) is 5.75 Å². The molecule has 5 rings (SSSR count). The van der Waals surface area contributed by atoms with Crippen molar-refractivity contribution in [3.63, 3.8) is 0 Å². The van der Waals surface area contributed by atoms with Gasteiger partial charge in [0.25, 0.3) is 0 Å². The molecule has 0 spiro atoms. The van der Waals surface area contributed by atoms with Crippen LogP contribution in [0.2, 0.25) is 5.02 Å². The van der Waals surface area contributed by atoms with Crippen LogP contribution in [0.4, 0.5) is 5.69 Å². The van der Waals surface area contributed by atoms with E-state index in [0.717, 1.165) is 74.9 Å². The van der Waals surface area contributed by atoms with Gasteiger partial charge in [-0.3, -0.25) is 9.69 Å². The molecule has 2 aromatic carbocycles. The molecule has 1 amide bonds. The highest BCUT2D eigenvalue weighted by atomic mass is 35.5. The Labute approximate surface area is 231 Å². The number of benzene rings is 2. The standard InChI is InChI=1S/C31H39ClN4O2/c1-33-14-11-26(23-33)21-31(37)36-13-3-2-8-28(36)12-19-38-30-10-4-6-25(20-30)24-34-15-17-35(18-16-34)29-9-5-7-27(32)22-29/h4-7,9-11,14,20,22-23,28H,2-3,8,12-13,15-19,21,24H2,1H3/t28-/m1/s1. The van der Waals surface area contributed by atoms with E-state index in [-0.39, 0.29) is 11.9 Å². The number of aryl methyl sites for hydroxylation is 1. The van der Waals surface area contributed by atoms with Crippen LogP contribution in [-0.4, -0.2) is 65.6 Å². The Morgan fingerprint density at radius 1 is 0.974 bits per heavy atom. The number of carbonyl (C=O) groups is 1. The van der Waals surface area contributed by atoms with Crippen molar-refractivity contribution < 1.29 is 9.53 Å². The molecule has 0 saturated carbocycles. The van der Waals surface area contributed by atoms with Gasteiger partial charge in [-0.15, -0.1) is 0 Å². The molecule has 2 aliphatic rings. The molecule has 1 aromatic heterocycles. The average Bonchev–Trinajstić information content (AvgIpc) is 3.34. The minimum absolute atomic E-state index is 0.235. The Morgan fingerprint density at radius 3 is 2.61 bits per heavy atom. The first-order valence-corrected chi connectivity index (χ1v) is 14.3. The molecular weight excluding hydrogens is 496 g/mol. The largest absolute Gasteiger partial charge is 0.494 e. The summed E-state index contributed by atoms with van der Waals surface area (Å²) in [4.78, 5) is 20.0. The van der Waals surface area contributed by atoms with Crippen molar-refractivity contribution in [1.29, 1.82) is 0 Å². The SMILES string of the molecule is Cn1ccc(CC(=O)N2CCCC[C@@H]2CCOc2cccc(CN3CCN(c4cccc(Cl)c4)CC3)c2)c1. The molecule has 0 N–H and O–H groups in total. The molecule has 0 bridgehead atoms. The van der Waals surface area contributed by atoms with Gasteiger partial charge in [-0.25, -0.2) is 0 Å². The van der Waals surface area contributed by atoms with Crippen molar-refractivity contribution in [3.8, 4) is 5.75 Å². The van der Waals surface area contributed by atoms with Crippen molar-refractivity contribution in [2.45, 2.75) is 44.7 Å². The lowest BCUT2D eigenvalue weighted by Gasteiger charge is -2.36. The van der Waals surface area contributed by atoms with E-state index < -0.39 is 0 Å². The second-order valence-electron chi connectivity index (χ2n) is 10.6. The fourth-order valence-corrected chi connectivity index (χ4v) is 5.90. The quantitative estimate of drug-likeness (QED) is 0.369. The Balaban J connectivity index is 1.08. The molecule has 1 atom stereocenters. The minimum atomic E-state index is 0.235. The number of nitrogens with zero attached hydrogens (tertiary/aromatic N) is 4. The van der Waals surface area contributed by atoms with E-state index in [1.807, 2.05) is 54.3 Å². The van der Waals surface area contributed by atoms with Crippen LogP contribution in [0.25, 0.3) is 0 Å². The van der Waals surface area contributed by atoms with E-state index in [1.165, 1.54) is 17.7 Å². The van der Waals surface area contributed by atoms with Crippen LogP contribution in [0.3, 0.4) is 0 Å². The number of carbonyl (C=O) groups excluding carboxylic acids is 1. The number of ether oxygens (including phenoxy) is 1. The van der Waals surface area contributed by atoms with Gasteiger partial charge in [0.15, 0.2) is 0 Å². The van der Waals surface area contributed by atoms with Crippen LogP contribution in [0.1, 0.15) is 36.8 Å². The summed E-state index contributed by atoms with van der Waals surface area (Å²) >= 11 is 6.18. The number of hydrogen-bond acceptors (Lipinski definition) is 4. The highest BCUT2D eigenvalue weighted by Gasteiger charge is 2.26. The van der Waals surface area contributed by atoms with Gasteiger partial charge in [0.1, 0.15) is 5.75 Å². The predicted molar refractivity (Wildman–Crippen MR) is 154 cm³/mol. The lowest BCUT2D eigenvalue weighted by Crippen LogP contribution is -2.45. The van der Waals surface area contributed by atoms with Crippen LogP contribution < -0.4 is 9.64 Å². The second-order valence-corrected chi connectivity index (χ2v) is 11.1. The third-order valence-electron chi connectivity index (χ3n) is 7.77. The summed E-state index contributed by atoms with van der Waals surface area (Å²) < 4.78 is 8.19. The summed E-state index contributed by atoms with van der Waals surface area (Å²) in [6, 6.07) is 18.9. The van der Waals surface area contributed by atoms with E-state index in [4.69, 9.17) is 16.3 Å². The number of aromatic nitrogens is 1. The van der Waals surface area contributed by atoms with Crippen LogP contribution >= 0.6 is 11.6 Å². The zero-order valence-electron chi connectivity index (χ0n) is 22.4. The molecule has 0 aliphatic carbocycles. The van der Waals surface area contributed by atoms with E-state index >= 15 is 0 Å². The maximum atomic E-state index is 13.0. The predicted octanol–water partition coefficient (Wildman–Crippen LogP) is 5.39. The maximum absolute atomic E-state index is 13.0. The molecule has 7 heteroatoms.